The zero-order valence-electron chi connectivity index (χ0n) is 16.5. The number of hydrogen-bond acceptors (Lipinski definition) is 3. The summed E-state index contributed by atoms with van der Waals surface area (Å²) in [6.07, 6.45) is 2.78. The average Bonchev–Trinajstić information content (AvgIpc) is 2.40. The van der Waals surface area contributed by atoms with Crippen LogP contribution >= 0.6 is 0 Å². The third-order valence-corrected chi connectivity index (χ3v) is 4.91. The molecule has 0 aliphatic rings. The van der Waals surface area contributed by atoms with Gasteiger partial charge in [-0.2, -0.15) is 0 Å². The standard InChI is InChI=1S/C19H32N2O3S/c1-8-15-9-11-16(12-10-15)21(25(7,23)24)13-17(22)20-19(5,6)14-18(2,3)4/h9-12H,8,13-14H2,1-7H3,(H,20,22). The fourth-order valence-electron chi connectivity index (χ4n) is 3.22. The van der Waals surface area contributed by atoms with Crippen molar-refractivity contribution in [1.82, 2.24) is 5.32 Å². The molecule has 25 heavy (non-hydrogen) atoms. The first-order valence-electron chi connectivity index (χ1n) is 8.61. The molecule has 0 fully saturated rings. The van der Waals surface area contributed by atoms with E-state index in [1.165, 1.54) is 0 Å². The summed E-state index contributed by atoms with van der Waals surface area (Å²) in [5, 5.41) is 2.96. The van der Waals surface area contributed by atoms with Crippen LogP contribution in [0.1, 0.15) is 53.5 Å². The highest BCUT2D eigenvalue weighted by molar-refractivity contribution is 7.92. The number of nitrogens with one attached hydrogen (secondary N) is 1. The molecule has 142 valence electrons. The minimum absolute atomic E-state index is 0.0588. The summed E-state index contributed by atoms with van der Waals surface area (Å²) in [4.78, 5) is 12.5. The van der Waals surface area contributed by atoms with Gasteiger partial charge in [0.1, 0.15) is 6.54 Å². The first-order chi connectivity index (χ1) is 11.2. The van der Waals surface area contributed by atoms with Crippen LogP contribution in [-0.4, -0.2) is 32.7 Å². The number of anilines is 1. The Morgan fingerprint density at radius 1 is 1.08 bits per heavy atom. The number of hydrogen-bond donors (Lipinski definition) is 1. The molecule has 0 atom stereocenters. The Balaban J connectivity index is 2.94. The van der Waals surface area contributed by atoms with Crippen LogP contribution in [0.4, 0.5) is 5.69 Å². The maximum atomic E-state index is 12.5. The van der Waals surface area contributed by atoms with Crippen molar-refractivity contribution >= 4 is 21.6 Å². The van der Waals surface area contributed by atoms with E-state index in [0.29, 0.717) is 5.69 Å². The summed E-state index contributed by atoms with van der Waals surface area (Å²) in [6.45, 7) is 12.1. The Morgan fingerprint density at radius 2 is 1.60 bits per heavy atom. The molecule has 6 heteroatoms. The molecule has 1 rings (SSSR count). The molecule has 0 spiro atoms. The molecule has 0 bridgehead atoms. The second-order valence-electron chi connectivity index (χ2n) is 8.46. The van der Waals surface area contributed by atoms with Crippen molar-refractivity contribution in [3.63, 3.8) is 0 Å². The molecule has 1 aromatic rings. The van der Waals surface area contributed by atoms with Gasteiger partial charge in [-0.15, -0.1) is 0 Å². The molecule has 0 aliphatic heterocycles. The van der Waals surface area contributed by atoms with E-state index in [9.17, 15) is 13.2 Å². The molecule has 1 N–H and O–H groups in total. The van der Waals surface area contributed by atoms with E-state index < -0.39 is 15.6 Å². The zero-order valence-corrected chi connectivity index (χ0v) is 17.3. The highest BCUT2D eigenvalue weighted by atomic mass is 32.2. The van der Waals surface area contributed by atoms with Gasteiger partial charge >= 0.3 is 0 Å². The Hall–Kier alpha value is -1.56. The number of aryl methyl sites for hydroxylation is 1. The Morgan fingerprint density at radius 3 is 2.00 bits per heavy atom. The van der Waals surface area contributed by atoms with Gasteiger partial charge < -0.3 is 5.32 Å². The van der Waals surface area contributed by atoms with Crippen molar-refractivity contribution in [1.29, 1.82) is 0 Å². The van der Waals surface area contributed by atoms with E-state index in [2.05, 4.69) is 26.1 Å². The third kappa shape index (κ3) is 7.46. The number of carbonyl (C=O) groups is 1. The summed E-state index contributed by atoms with van der Waals surface area (Å²) >= 11 is 0. The second kappa shape index (κ2) is 7.77. The molecule has 5 nitrogen and oxygen atoms in total. The van der Waals surface area contributed by atoms with E-state index in [-0.39, 0.29) is 17.9 Å². The van der Waals surface area contributed by atoms with Gasteiger partial charge in [-0.1, -0.05) is 39.8 Å². The molecule has 0 aromatic heterocycles. The van der Waals surface area contributed by atoms with Crippen LogP contribution in [-0.2, 0) is 21.2 Å². The number of amides is 1. The van der Waals surface area contributed by atoms with Crippen molar-refractivity contribution < 1.29 is 13.2 Å². The summed E-state index contributed by atoms with van der Waals surface area (Å²) in [6, 6.07) is 7.25. The van der Waals surface area contributed by atoms with Crippen LogP contribution in [0.5, 0.6) is 0 Å². The largest absolute Gasteiger partial charge is 0.350 e. The highest BCUT2D eigenvalue weighted by Gasteiger charge is 2.29. The predicted molar refractivity (Wildman–Crippen MR) is 104 cm³/mol. The minimum atomic E-state index is -3.55. The van der Waals surface area contributed by atoms with Crippen molar-refractivity contribution in [3.8, 4) is 0 Å². The van der Waals surface area contributed by atoms with Gasteiger partial charge in [0.2, 0.25) is 15.9 Å². The number of nitrogens with zero attached hydrogens (tertiary/aromatic N) is 1. The van der Waals surface area contributed by atoms with Crippen molar-refractivity contribution in [3.05, 3.63) is 29.8 Å². The smallest absolute Gasteiger partial charge is 0.241 e. The Bertz CT molecular complexity index is 686. The van der Waals surface area contributed by atoms with E-state index >= 15 is 0 Å². The molecule has 0 aliphatic carbocycles. The van der Waals surface area contributed by atoms with Gasteiger partial charge in [-0.25, -0.2) is 8.42 Å². The molecule has 0 saturated carbocycles. The molecule has 0 saturated heterocycles. The molecule has 1 amide bonds. The lowest BCUT2D eigenvalue weighted by atomic mass is 9.82. The molecule has 0 heterocycles. The lowest BCUT2D eigenvalue weighted by Crippen LogP contribution is -2.50. The first kappa shape index (κ1) is 21.5. The van der Waals surface area contributed by atoms with Crippen molar-refractivity contribution in [2.75, 3.05) is 17.1 Å². The van der Waals surface area contributed by atoms with Gasteiger partial charge in [0.15, 0.2) is 0 Å². The summed E-state index contributed by atoms with van der Waals surface area (Å²) in [5.41, 5.74) is 1.27. The summed E-state index contributed by atoms with van der Waals surface area (Å²) in [5.74, 6) is -0.306. The van der Waals surface area contributed by atoms with Crippen LogP contribution in [0, 0.1) is 5.41 Å². The van der Waals surface area contributed by atoms with Crippen LogP contribution in [0.15, 0.2) is 24.3 Å². The summed E-state index contributed by atoms with van der Waals surface area (Å²) in [7, 11) is -3.55. The zero-order chi connectivity index (χ0) is 19.5. The average molecular weight is 369 g/mol. The number of benzene rings is 1. The van der Waals surface area contributed by atoms with Crippen molar-refractivity contribution in [2.24, 2.45) is 5.41 Å². The molecule has 0 unspecified atom stereocenters. The Labute approximate surface area is 152 Å². The minimum Gasteiger partial charge on any atom is -0.350 e. The SMILES string of the molecule is CCc1ccc(N(CC(=O)NC(C)(C)CC(C)(C)C)S(C)(=O)=O)cc1. The van der Waals surface area contributed by atoms with Gasteiger partial charge in [0.05, 0.1) is 11.9 Å². The number of carbonyl (C=O) groups excluding carboxylic acids is 1. The van der Waals surface area contributed by atoms with Crippen LogP contribution in [0.2, 0.25) is 0 Å². The molecular weight excluding hydrogens is 336 g/mol. The number of rotatable bonds is 7. The van der Waals surface area contributed by atoms with Crippen molar-refractivity contribution in [2.45, 2.75) is 59.9 Å². The van der Waals surface area contributed by atoms with Gasteiger partial charge in [0.25, 0.3) is 0 Å². The van der Waals surface area contributed by atoms with E-state index in [0.717, 1.165) is 29.0 Å². The Kier molecular flexibility index (Phi) is 6.68. The fourth-order valence-corrected chi connectivity index (χ4v) is 4.07. The lowest BCUT2D eigenvalue weighted by Gasteiger charge is -2.34. The highest BCUT2D eigenvalue weighted by Crippen LogP contribution is 2.27. The third-order valence-electron chi connectivity index (χ3n) is 3.77. The predicted octanol–water partition coefficient (Wildman–Crippen LogP) is 3.35. The van der Waals surface area contributed by atoms with E-state index in [4.69, 9.17) is 0 Å². The van der Waals surface area contributed by atoms with Crippen LogP contribution in [0.3, 0.4) is 0 Å². The first-order valence-corrected chi connectivity index (χ1v) is 10.5. The monoisotopic (exact) mass is 368 g/mol. The molecular formula is C19H32N2O3S. The summed E-state index contributed by atoms with van der Waals surface area (Å²) < 4.78 is 25.5. The van der Waals surface area contributed by atoms with Gasteiger partial charge in [-0.05, 0) is 49.8 Å². The maximum absolute atomic E-state index is 12.5. The van der Waals surface area contributed by atoms with E-state index in [1.54, 1.807) is 12.1 Å². The number of sulfonamides is 1. The maximum Gasteiger partial charge on any atom is 0.241 e. The lowest BCUT2D eigenvalue weighted by molar-refractivity contribution is -0.121. The molecule has 1 aromatic carbocycles. The fraction of sp³-hybridized carbons (Fsp3) is 0.632. The van der Waals surface area contributed by atoms with Gasteiger partial charge in [-0.3, -0.25) is 9.10 Å². The van der Waals surface area contributed by atoms with Gasteiger partial charge in [0, 0.05) is 5.54 Å². The quantitative estimate of drug-likeness (QED) is 0.802. The second-order valence-corrected chi connectivity index (χ2v) is 10.4. The molecule has 0 radical (unpaired) electrons. The topological polar surface area (TPSA) is 66.5 Å². The van der Waals surface area contributed by atoms with Crippen LogP contribution < -0.4 is 9.62 Å². The van der Waals surface area contributed by atoms with E-state index in [1.807, 2.05) is 32.9 Å². The normalized spacial score (nSPS) is 12.8. The van der Waals surface area contributed by atoms with Crippen LogP contribution in [0.25, 0.3) is 0 Å².